The molecule has 2 aliphatic heterocycles. The lowest BCUT2D eigenvalue weighted by Crippen LogP contribution is -2.48. The van der Waals surface area contributed by atoms with Crippen LogP contribution in [0.2, 0.25) is 0 Å². The van der Waals surface area contributed by atoms with E-state index < -0.39 is 10.0 Å². The van der Waals surface area contributed by atoms with Crippen LogP contribution in [0.5, 0.6) is 0 Å². The van der Waals surface area contributed by atoms with E-state index in [0.29, 0.717) is 25.3 Å². The highest BCUT2D eigenvalue weighted by atomic mass is 32.2. The smallest absolute Gasteiger partial charge is 0.243 e. The number of hydrogen-bond donors (Lipinski definition) is 1. The van der Waals surface area contributed by atoms with Gasteiger partial charge in [0, 0.05) is 18.8 Å². The quantitative estimate of drug-likeness (QED) is 0.806. The highest BCUT2D eigenvalue weighted by Crippen LogP contribution is 2.22. The second-order valence-corrected chi connectivity index (χ2v) is 10.0. The van der Waals surface area contributed by atoms with Crippen molar-refractivity contribution in [1.82, 2.24) is 9.21 Å². The average Bonchev–Trinajstić information content (AvgIpc) is 2.63. The van der Waals surface area contributed by atoms with Crippen LogP contribution in [0, 0.1) is 5.92 Å². The molecule has 2 heterocycles. The third-order valence-corrected chi connectivity index (χ3v) is 7.25. The first-order valence-corrected chi connectivity index (χ1v) is 11.5. The molecule has 2 unspecified atom stereocenters. The molecule has 8 heteroatoms. The Kier molecular flexibility index (Phi) is 6.75. The minimum Gasteiger partial charge on any atom is -0.373 e. The van der Waals surface area contributed by atoms with Gasteiger partial charge in [0.15, 0.2) is 0 Å². The molecule has 0 radical (unpaired) electrons. The van der Waals surface area contributed by atoms with E-state index in [1.165, 1.54) is 4.31 Å². The fourth-order valence-corrected chi connectivity index (χ4v) is 5.40. The van der Waals surface area contributed by atoms with Crippen molar-refractivity contribution in [3.63, 3.8) is 0 Å². The normalized spacial score (nSPS) is 25.5. The fraction of sp³-hybridized carbons (Fsp3) is 0.650. The first-order valence-electron chi connectivity index (χ1n) is 10.0. The Labute approximate surface area is 168 Å². The van der Waals surface area contributed by atoms with Gasteiger partial charge in [-0.15, -0.1) is 0 Å². The third-order valence-electron chi connectivity index (χ3n) is 5.41. The van der Waals surface area contributed by atoms with Crippen molar-refractivity contribution in [2.24, 2.45) is 5.92 Å². The third kappa shape index (κ3) is 5.31. The number of anilines is 1. The second kappa shape index (κ2) is 8.90. The van der Waals surface area contributed by atoms with Crippen LogP contribution in [0.25, 0.3) is 0 Å². The molecule has 2 aliphatic rings. The molecule has 7 nitrogen and oxygen atoms in total. The lowest BCUT2D eigenvalue weighted by molar-refractivity contribution is -0.117. The molecule has 2 atom stereocenters. The van der Waals surface area contributed by atoms with Gasteiger partial charge in [0.1, 0.15) is 0 Å². The number of carbonyl (C=O) groups excluding carboxylic acids is 1. The van der Waals surface area contributed by atoms with Crippen molar-refractivity contribution < 1.29 is 17.9 Å². The number of nitrogens with one attached hydrogen (secondary N) is 1. The van der Waals surface area contributed by atoms with Crippen LogP contribution in [0.3, 0.4) is 0 Å². The minimum absolute atomic E-state index is 0.0685. The number of rotatable bonds is 5. The summed E-state index contributed by atoms with van der Waals surface area (Å²) in [6.45, 7) is 8.95. The predicted octanol–water partition coefficient (Wildman–Crippen LogP) is 2.15. The largest absolute Gasteiger partial charge is 0.373 e. The van der Waals surface area contributed by atoms with E-state index in [1.54, 1.807) is 24.3 Å². The van der Waals surface area contributed by atoms with Crippen LogP contribution in [-0.4, -0.2) is 68.5 Å². The lowest BCUT2D eigenvalue weighted by atomic mass is 9.99. The van der Waals surface area contributed by atoms with Gasteiger partial charge in [0.05, 0.1) is 23.6 Å². The number of benzene rings is 1. The van der Waals surface area contributed by atoms with Gasteiger partial charge in [0.2, 0.25) is 15.9 Å². The summed E-state index contributed by atoms with van der Waals surface area (Å²) < 4.78 is 32.8. The Hall–Kier alpha value is -1.48. The Morgan fingerprint density at radius 1 is 1.07 bits per heavy atom. The van der Waals surface area contributed by atoms with E-state index in [2.05, 4.69) is 17.1 Å². The zero-order valence-electron chi connectivity index (χ0n) is 16.9. The van der Waals surface area contributed by atoms with Gasteiger partial charge >= 0.3 is 0 Å². The van der Waals surface area contributed by atoms with Gasteiger partial charge in [-0.3, -0.25) is 9.69 Å². The van der Waals surface area contributed by atoms with Crippen LogP contribution in [0.15, 0.2) is 29.2 Å². The van der Waals surface area contributed by atoms with Crippen molar-refractivity contribution in [3.8, 4) is 0 Å². The van der Waals surface area contributed by atoms with Crippen LogP contribution in [0.4, 0.5) is 5.69 Å². The van der Waals surface area contributed by atoms with E-state index in [4.69, 9.17) is 4.74 Å². The topological polar surface area (TPSA) is 79.0 Å². The van der Waals surface area contributed by atoms with Gasteiger partial charge in [0.25, 0.3) is 0 Å². The molecule has 28 heavy (non-hydrogen) atoms. The summed E-state index contributed by atoms with van der Waals surface area (Å²) in [7, 11) is -3.57. The molecule has 1 N–H and O–H groups in total. The number of likely N-dealkylation sites (tertiary alicyclic amines) is 1. The zero-order chi connectivity index (χ0) is 20.3. The number of carbonyl (C=O) groups is 1. The maximum Gasteiger partial charge on any atom is 0.243 e. The molecule has 0 aliphatic carbocycles. The van der Waals surface area contributed by atoms with Crippen LogP contribution in [0.1, 0.15) is 33.6 Å². The minimum atomic E-state index is -3.57. The monoisotopic (exact) mass is 409 g/mol. The number of sulfonamides is 1. The maximum absolute atomic E-state index is 12.9. The average molecular weight is 410 g/mol. The van der Waals surface area contributed by atoms with Gasteiger partial charge in [-0.1, -0.05) is 6.92 Å². The van der Waals surface area contributed by atoms with Crippen molar-refractivity contribution in [3.05, 3.63) is 24.3 Å². The molecular weight excluding hydrogens is 378 g/mol. The van der Waals surface area contributed by atoms with E-state index in [1.807, 2.05) is 13.8 Å². The van der Waals surface area contributed by atoms with Crippen LogP contribution in [-0.2, 0) is 19.6 Å². The number of nitrogens with zero attached hydrogens (tertiary/aromatic N) is 2. The summed E-state index contributed by atoms with van der Waals surface area (Å²) in [5.41, 5.74) is 0.609. The maximum atomic E-state index is 12.9. The summed E-state index contributed by atoms with van der Waals surface area (Å²) >= 11 is 0. The zero-order valence-corrected chi connectivity index (χ0v) is 17.7. The molecular formula is C20H31N3O4S. The molecule has 1 aromatic carbocycles. The van der Waals surface area contributed by atoms with Crippen molar-refractivity contribution in [1.29, 1.82) is 0 Å². The van der Waals surface area contributed by atoms with Gasteiger partial charge in [-0.2, -0.15) is 4.31 Å². The standard InChI is InChI=1S/C20H31N3O4S/c1-15-8-10-22(11-9-15)14-20(24)21-18-4-6-19(7-5-18)28(25,26)23-12-16(2)27-17(3)13-23/h4-7,15-17H,8-14H2,1-3H3,(H,21,24). The van der Waals surface area contributed by atoms with E-state index in [0.717, 1.165) is 31.8 Å². The number of ether oxygens (including phenoxy) is 1. The Morgan fingerprint density at radius 2 is 1.64 bits per heavy atom. The molecule has 156 valence electrons. The summed E-state index contributed by atoms with van der Waals surface area (Å²) in [5.74, 6) is 0.659. The summed E-state index contributed by atoms with van der Waals surface area (Å²) in [4.78, 5) is 14.7. The molecule has 0 saturated carbocycles. The van der Waals surface area contributed by atoms with Crippen LogP contribution >= 0.6 is 0 Å². The van der Waals surface area contributed by atoms with Crippen molar-refractivity contribution >= 4 is 21.6 Å². The molecule has 0 spiro atoms. The Morgan fingerprint density at radius 3 is 2.21 bits per heavy atom. The first-order chi connectivity index (χ1) is 13.2. The van der Waals surface area contributed by atoms with E-state index >= 15 is 0 Å². The molecule has 0 bridgehead atoms. The van der Waals surface area contributed by atoms with E-state index in [9.17, 15) is 13.2 Å². The number of hydrogen-bond acceptors (Lipinski definition) is 5. The van der Waals surface area contributed by atoms with E-state index in [-0.39, 0.29) is 23.0 Å². The molecule has 2 fully saturated rings. The fourth-order valence-electron chi connectivity index (χ4n) is 3.81. The lowest BCUT2D eigenvalue weighted by Gasteiger charge is -2.34. The summed E-state index contributed by atoms with van der Waals surface area (Å²) in [6.07, 6.45) is 1.99. The van der Waals surface area contributed by atoms with Crippen molar-refractivity contribution in [2.75, 3.05) is 38.0 Å². The summed E-state index contributed by atoms with van der Waals surface area (Å²) in [5, 5.41) is 2.86. The van der Waals surface area contributed by atoms with Gasteiger partial charge < -0.3 is 10.1 Å². The molecule has 3 rings (SSSR count). The number of morpholine rings is 1. The molecule has 1 amide bonds. The first kappa shape index (κ1) is 21.2. The van der Waals surface area contributed by atoms with Crippen LogP contribution < -0.4 is 5.32 Å². The molecule has 1 aromatic rings. The molecule has 0 aromatic heterocycles. The van der Waals surface area contributed by atoms with Gasteiger partial charge in [-0.05, 0) is 70.0 Å². The SMILES string of the molecule is CC1CCN(CC(=O)Nc2ccc(S(=O)(=O)N3CC(C)OC(C)C3)cc2)CC1. The Bertz CT molecular complexity index is 763. The van der Waals surface area contributed by atoms with Gasteiger partial charge in [-0.25, -0.2) is 8.42 Å². The summed E-state index contributed by atoms with van der Waals surface area (Å²) in [6, 6.07) is 6.41. The molecule has 2 saturated heterocycles. The second-order valence-electron chi connectivity index (χ2n) is 8.11. The number of piperidine rings is 1. The highest BCUT2D eigenvalue weighted by Gasteiger charge is 2.32. The highest BCUT2D eigenvalue weighted by molar-refractivity contribution is 7.89. The predicted molar refractivity (Wildman–Crippen MR) is 109 cm³/mol. The van der Waals surface area contributed by atoms with Crippen molar-refractivity contribution in [2.45, 2.75) is 50.7 Å². The number of amides is 1. The Balaban J connectivity index is 1.59.